The van der Waals surface area contributed by atoms with Gasteiger partial charge in [-0.25, -0.2) is 4.79 Å². The number of aliphatic carboxylic acids is 1. The van der Waals surface area contributed by atoms with Crippen LogP contribution >= 0.6 is 24.0 Å². The molecule has 1 N–H and O–H groups in total. The number of rotatable bonds is 8. The molecule has 0 spiro atoms. The van der Waals surface area contributed by atoms with E-state index in [1.807, 2.05) is 42.5 Å². The first-order chi connectivity index (χ1) is 16.0. The number of carboxylic acid groups (broad SMARTS) is 1. The van der Waals surface area contributed by atoms with Crippen LogP contribution < -0.4 is 4.74 Å². The third-order valence-corrected chi connectivity index (χ3v) is 6.44. The highest BCUT2D eigenvalue weighted by Crippen LogP contribution is 2.38. The molecule has 4 rings (SSSR count). The van der Waals surface area contributed by atoms with E-state index >= 15 is 0 Å². The van der Waals surface area contributed by atoms with E-state index in [9.17, 15) is 14.7 Å². The minimum Gasteiger partial charge on any atom is -0.493 e. The lowest BCUT2D eigenvalue weighted by molar-refractivity contribution is -0.145. The summed E-state index contributed by atoms with van der Waals surface area (Å²) in [5.74, 6) is -0.800. The van der Waals surface area contributed by atoms with Gasteiger partial charge < -0.3 is 9.84 Å². The number of thiocarbonyl (C=S) groups is 1. The zero-order chi connectivity index (χ0) is 23.2. The Hall–Kier alpha value is -3.42. The molecule has 0 radical (unpaired) electrons. The largest absolute Gasteiger partial charge is 0.493 e. The molecule has 7 heteroatoms. The summed E-state index contributed by atoms with van der Waals surface area (Å²) in [6.45, 7) is 0.568. The molecule has 1 atom stereocenters. The molecule has 1 aliphatic heterocycles. The molecular formula is C26H21NO4S2. The number of carboxylic acids is 1. The smallest absolute Gasteiger partial charge is 0.331 e. The number of benzene rings is 3. The number of ether oxygens (including phenoxy) is 1. The third-order valence-electron chi connectivity index (χ3n) is 5.11. The van der Waals surface area contributed by atoms with Gasteiger partial charge in [-0.1, -0.05) is 96.8 Å². The second-order valence-corrected chi connectivity index (χ2v) is 9.03. The van der Waals surface area contributed by atoms with Crippen molar-refractivity contribution in [1.29, 1.82) is 0 Å². The van der Waals surface area contributed by atoms with Crippen LogP contribution in [0, 0.1) is 0 Å². The van der Waals surface area contributed by atoms with Crippen molar-refractivity contribution < 1.29 is 19.4 Å². The number of carbonyl (C=O) groups is 2. The number of hydrogen-bond acceptors (Lipinski definition) is 5. The summed E-state index contributed by atoms with van der Waals surface area (Å²) in [4.78, 5) is 26.6. The molecule has 166 valence electrons. The van der Waals surface area contributed by atoms with Gasteiger partial charge in [-0.05, 0) is 34.9 Å². The van der Waals surface area contributed by atoms with Gasteiger partial charge in [-0.2, -0.15) is 0 Å². The number of nitrogens with zero attached hydrogens (tertiary/aromatic N) is 1. The van der Waals surface area contributed by atoms with E-state index in [1.54, 1.807) is 36.4 Å². The second-order valence-electron chi connectivity index (χ2n) is 7.36. The zero-order valence-electron chi connectivity index (χ0n) is 17.6. The summed E-state index contributed by atoms with van der Waals surface area (Å²) in [6.07, 6.45) is 2.54. The Bertz CT molecular complexity index is 1180. The highest BCUT2D eigenvalue weighted by molar-refractivity contribution is 8.26. The first-order valence-electron chi connectivity index (χ1n) is 10.3. The standard InChI is InChI=1S/C26H21NO4S2/c28-24-22(33-26(32)27(24)23(25(29)30)20-9-5-2-6-10-20)17-19-11-13-21(14-12-19)31-16-15-18-7-3-1-4-8-18/h1-14,17,23H,15-16H2,(H,29,30)/b22-17-. The maximum absolute atomic E-state index is 13.0. The molecule has 1 amide bonds. The molecule has 1 unspecified atom stereocenters. The van der Waals surface area contributed by atoms with Gasteiger partial charge in [-0.15, -0.1) is 0 Å². The average Bonchev–Trinajstić information content (AvgIpc) is 3.09. The number of carbonyl (C=O) groups excluding carboxylic acids is 1. The van der Waals surface area contributed by atoms with E-state index < -0.39 is 17.9 Å². The number of hydrogen-bond donors (Lipinski definition) is 1. The van der Waals surface area contributed by atoms with Crippen LogP contribution in [0.3, 0.4) is 0 Å². The lowest BCUT2D eigenvalue weighted by Gasteiger charge is -2.23. The van der Waals surface area contributed by atoms with Gasteiger partial charge in [0.05, 0.1) is 11.5 Å². The van der Waals surface area contributed by atoms with Crippen LogP contribution in [0.25, 0.3) is 6.08 Å². The molecule has 1 heterocycles. The molecular weight excluding hydrogens is 454 g/mol. The maximum atomic E-state index is 13.0. The summed E-state index contributed by atoms with van der Waals surface area (Å²) in [7, 11) is 0. The highest BCUT2D eigenvalue weighted by atomic mass is 32.2. The first-order valence-corrected chi connectivity index (χ1v) is 11.6. The van der Waals surface area contributed by atoms with Crippen molar-refractivity contribution >= 4 is 46.3 Å². The molecule has 1 saturated heterocycles. The van der Waals surface area contributed by atoms with Crippen molar-refractivity contribution in [2.45, 2.75) is 12.5 Å². The summed E-state index contributed by atoms with van der Waals surface area (Å²) in [6, 6.07) is 25.0. The molecule has 5 nitrogen and oxygen atoms in total. The Balaban J connectivity index is 1.44. The maximum Gasteiger partial charge on any atom is 0.331 e. The molecule has 1 fully saturated rings. The number of amides is 1. The fourth-order valence-corrected chi connectivity index (χ4v) is 4.80. The Kier molecular flexibility index (Phi) is 7.22. The third kappa shape index (κ3) is 5.50. The van der Waals surface area contributed by atoms with Crippen molar-refractivity contribution in [2.75, 3.05) is 6.61 Å². The van der Waals surface area contributed by atoms with Crippen LogP contribution in [0.1, 0.15) is 22.7 Å². The fraction of sp³-hybridized carbons (Fsp3) is 0.115. The van der Waals surface area contributed by atoms with E-state index in [0.29, 0.717) is 17.1 Å². The topological polar surface area (TPSA) is 66.8 Å². The molecule has 33 heavy (non-hydrogen) atoms. The van der Waals surface area contributed by atoms with Crippen LogP contribution in [0.15, 0.2) is 89.8 Å². The Morgan fingerprint density at radius 3 is 2.27 bits per heavy atom. The van der Waals surface area contributed by atoms with Gasteiger partial charge in [-0.3, -0.25) is 9.69 Å². The number of thioether (sulfide) groups is 1. The second kappa shape index (κ2) is 10.5. The summed E-state index contributed by atoms with van der Waals surface area (Å²) < 4.78 is 6.04. The lowest BCUT2D eigenvalue weighted by atomic mass is 10.1. The van der Waals surface area contributed by atoms with E-state index in [1.165, 1.54) is 10.5 Å². The predicted octanol–water partition coefficient (Wildman–Crippen LogP) is 5.34. The van der Waals surface area contributed by atoms with E-state index in [2.05, 4.69) is 12.1 Å². The Morgan fingerprint density at radius 1 is 1.00 bits per heavy atom. The zero-order valence-corrected chi connectivity index (χ0v) is 19.2. The quantitative estimate of drug-likeness (QED) is 0.351. The molecule has 1 aliphatic rings. The first kappa shape index (κ1) is 22.8. The molecule has 0 aromatic heterocycles. The van der Waals surface area contributed by atoms with Crippen molar-refractivity contribution in [3.8, 4) is 5.75 Å². The lowest BCUT2D eigenvalue weighted by Crippen LogP contribution is -2.37. The molecule has 0 aliphatic carbocycles. The molecule has 3 aromatic carbocycles. The van der Waals surface area contributed by atoms with Gasteiger partial charge in [0.15, 0.2) is 6.04 Å². The van der Waals surface area contributed by atoms with Crippen LogP contribution in [0.4, 0.5) is 0 Å². The van der Waals surface area contributed by atoms with E-state index in [-0.39, 0.29) is 4.32 Å². The normalized spacial score (nSPS) is 15.6. The molecule has 0 bridgehead atoms. The van der Waals surface area contributed by atoms with Crippen molar-refractivity contribution in [3.05, 3.63) is 107 Å². The van der Waals surface area contributed by atoms with E-state index in [4.69, 9.17) is 17.0 Å². The minimum atomic E-state index is -1.16. The highest BCUT2D eigenvalue weighted by Gasteiger charge is 2.41. The van der Waals surface area contributed by atoms with Crippen molar-refractivity contribution in [2.24, 2.45) is 0 Å². The van der Waals surface area contributed by atoms with Gasteiger partial charge in [0, 0.05) is 6.42 Å². The monoisotopic (exact) mass is 475 g/mol. The Morgan fingerprint density at radius 2 is 1.64 bits per heavy atom. The minimum absolute atomic E-state index is 0.225. The van der Waals surface area contributed by atoms with Gasteiger partial charge >= 0.3 is 5.97 Å². The van der Waals surface area contributed by atoms with Crippen LogP contribution in [0.5, 0.6) is 5.75 Å². The summed E-state index contributed by atoms with van der Waals surface area (Å²) in [5, 5.41) is 9.78. The average molecular weight is 476 g/mol. The molecule has 3 aromatic rings. The van der Waals surface area contributed by atoms with Crippen LogP contribution in [0.2, 0.25) is 0 Å². The fourth-order valence-electron chi connectivity index (χ4n) is 3.48. The summed E-state index contributed by atoms with van der Waals surface area (Å²) >= 11 is 6.47. The molecule has 0 saturated carbocycles. The van der Waals surface area contributed by atoms with Gasteiger partial charge in [0.25, 0.3) is 5.91 Å². The SMILES string of the molecule is O=C(O)C(c1ccccc1)N1C(=O)/C(=C/c2ccc(OCCc3ccccc3)cc2)SC1=S. The van der Waals surface area contributed by atoms with Crippen molar-refractivity contribution in [3.63, 3.8) is 0 Å². The van der Waals surface area contributed by atoms with Gasteiger partial charge in [0.1, 0.15) is 10.1 Å². The summed E-state index contributed by atoms with van der Waals surface area (Å²) in [5.41, 5.74) is 2.52. The van der Waals surface area contributed by atoms with Crippen LogP contribution in [-0.2, 0) is 16.0 Å². The van der Waals surface area contributed by atoms with Gasteiger partial charge in [0.2, 0.25) is 0 Å². The Labute approximate surface area is 201 Å². The predicted molar refractivity (Wildman–Crippen MR) is 134 cm³/mol. The van der Waals surface area contributed by atoms with Crippen LogP contribution in [-0.4, -0.2) is 32.8 Å². The van der Waals surface area contributed by atoms with Crippen molar-refractivity contribution in [1.82, 2.24) is 4.90 Å². The van der Waals surface area contributed by atoms with E-state index in [0.717, 1.165) is 29.5 Å².